The first-order valence-corrected chi connectivity index (χ1v) is 7.86. The number of aliphatic imine (C=N–C) groups is 1. The van der Waals surface area contributed by atoms with Crippen molar-refractivity contribution in [2.24, 2.45) is 10.7 Å². The normalized spacial score (nSPS) is 11.8. The fraction of sp³-hybridized carbons (Fsp3) is 0.562. The summed E-state index contributed by atoms with van der Waals surface area (Å²) in [5, 5.41) is 2.97. The van der Waals surface area contributed by atoms with E-state index in [1.165, 1.54) is 24.3 Å². The first kappa shape index (κ1) is 24.7. The van der Waals surface area contributed by atoms with E-state index in [1.807, 2.05) is 0 Å². The third kappa shape index (κ3) is 13.0. The Bertz CT molecular complexity index is 514. The lowest BCUT2D eigenvalue weighted by atomic mass is 10.2. The van der Waals surface area contributed by atoms with Gasteiger partial charge in [-0.25, -0.2) is 4.99 Å². The van der Waals surface area contributed by atoms with Gasteiger partial charge in [-0.15, -0.1) is 37.1 Å². The van der Waals surface area contributed by atoms with Gasteiger partial charge in [-0.05, 0) is 30.5 Å². The second-order valence-corrected chi connectivity index (χ2v) is 5.13. The zero-order chi connectivity index (χ0) is 18.5. The third-order valence-corrected chi connectivity index (χ3v) is 3.04. The fourth-order valence-corrected chi connectivity index (χ4v) is 1.82. The predicted octanol–water partition coefficient (Wildman–Crippen LogP) is 3.05. The van der Waals surface area contributed by atoms with Crippen molar-refractivity contribution in [1.82, 2.24) is 5.32 Å². The Kier molecular flexibility index (Phi) is 13.2. The Labute approximate surface area is 168 Å². The van der Waals surface area contributed by atoms with Gasteiger partial charge in [0, 0.05) is 20.3 Å². The van der Waals surface area contributed by atoms with Gasteiger partial charge >= 0.3 is 6.36 Å². The molecule has 0 heterocycles. The number of alkyl halides is 3. The van der Waals surface area contributed by atoms with Crippen LogP contribution < -0.4 is 15.8 Å². The molecule has 1 aromatic rings. The molecule has 1 rings (SSSR count). The van der Waals surface area contributed by atoms with E-state index in [9.17, 15) is 13.2 Å². The molecule has 6 nitrogen and oxygen atoms in total. The van der Waals surface area contributed by atoms with Crippen LogP contribution in [0, 0.1) is 0 Å². The number of guanidine groups is 1. The van der Waals surface area contributed by atoms with Crippen LogP contribution in [0.1, 0.15) is 18.4 Å². The average molecular weight is 491 g/mol. The molecule has 0 aliphatic heterocycles. The average Bonchev–Trinajstić information content (AvgIpc) is 2.55. The maximum Gasteiger partial charge on any atom is 0.573 e. The Balaban J connectivity index is 0.00000625. The molecule has 0 bridgehead atoms. The summed E-state index contributed by atoms with van der Waals surface area (Å²) in [6, 6.07) is 5.50. The van der Waals surface area contributed by atoms with Crippen molar-refractivity contribution in [3.05, 3.63) is 29.8 Å². The number of rotatable bonds is 11. The lowest BCUT2D eigenvalue weighted by Gasteiger charge is -2.09. The molecule has 0 saturated heterocycles. The minimum atomic E-state index is -4.69. The van der Waals surface area contributed by atoms with E-state index < -0.39 is 6.36 Å². The van der Waals surface area contributed by atoms with E-state index >= 15 is 0 Å². The molecule has 0 spiro atoms. The van der Waals surface area contributed by atoms with Crippen LogP contribution >= 0.6 is 24.0 Å². The van der Waals surface area contributed by atoms with Crippen molar-refractivity contribution >= 4 is 29.9 Å². The molecule has 0 amide bonds. The molecule has 0 aliphatic rings. The molecule has 0 fully saturated rings. The van der Waals surface area contributed by atoms with Crippen molar-refractivity contribution in [1.29, 1.82) is 0 Å². The van der Waals surface area contributed by atoms with Gasteiger partial charge in [0.25, 0.3) is 0 Å². The quantitative estimate of drug-likeness (QED) is 0.216. The van der Waals surface area contributed by atoms with E-state index in [4.69, 9.17) is 15.2 Å². The third-order valence-electron chi connectivity index (χ3n) is 3.04. The van der Waals surface area contributed by atoms with Gasteiger partial charge in [0.15, 0.2) is 5.96 Å². The predicted molar refractivity (Wildman–Crippen MR) is 104 cm³/mol. The molecule has 26 heavy (non-hydrogen) atoms. The van der Waals surface area contributed by atoms with Crippen molar-refractivity contribution in [3.63, 3.8) is 0 Å². The van der Waals surface area contributed by atoms with E-state index in [0.29, 0.717) is 26.4 Å². The Hall–Kier alpha value is -1.27. The highest BCUT2D eigenvalue weighted by molar-refractivity contribution is 14.0. The summed E-state index contributed by atoms with van der Waals surface area (Å²) in [5.74, 6) is 0.0231. The molecule has 0 aromatic heterocycles. The van der Waals surface area contributed by atoms with Gasteiger partial charge in [-0.2, -0.15) is 0 Å². The molecule has 10 heteroatoms. The van der Waals surface area contributed by atoms with E-state index in [2.05, 4.69) is 15.0 Å². The highest BCUT2D eigenvalue weighted by atomic mass is 127. The SMILES string of the molecule is COCCOCCCCNC(N)=NCc1ccc(OC(F)(F)F)cc1.I. The zero-order valence-corrected chi connectivity index (χ0v) is 16.9. The van der Waals surface area contributed by atoms with Crippen LogP contribution in [-0.4, -0.2) is 45.8 Å². The molecule has 1 aromatic carbocycles. The monoisotopic (exact) mass is 491 g/mol. The van der Waals surface area contributed by atoms with Crippen LogP contribution in [0.4, 0.5) is 13.2 Å². The number of unbranched alkanes of at least 4 members (excludes halogenated alkanes) is 1. The van der Waals surface area contributed by atoms with E-state index in [-0.39, 0.29) is 42.2 Å². The summed E-state index contributed by atoms with van der Waals surface area (Å²) >= 11 is 0. The maximum absolute atomic E-state index is 12.1. The van der Waals surface area contributed by atoms with Gasteiger partial charge in [0.05, 0.1) is 19.8 Å². The number of methoxy groups -OCH3 is 1. The number of hydrogen-bond acceptors (Lipinski definition) is 4. The minimum absolute atomic E-state index is 0. The molecule has 0 unspecified atom stereocenters. The molecular formula is C16H25F3IN3O3. The van der Waals surface area contributed by atoms with Crippen molar-refractivity contribution < 1.29 is 27.4 Å². The molecular weight excluding hydrogens is 466 g/mol. The van der Waals surface area contributed by atoms with Crippen LogP contribution in [0.25, 0.3) is 0 Å². The Morgan fingerprint density at radius 3 is 2.42 bits per heavy atom. The number of halogens is 4. The first-order valence-electron chi connectivity index (χ1n) is 7.86. The molecule has 0 saturated carbocycles. The van der Waals surface area contributed by atoms with Gasteiger partial charge in [0.2, 0.25) is 0 Å². The summed E-state index contributed by atoms with van der Waals surface area (Å²) in [5.41, 5.74) is 6.46. The number of ether oxygens (including phenoxy) is 3. The van der Waals surface area contributed by atoms with Crippen molar-refractivity contribution in [3.8, 4) is 5.75 Å². The summed E-state index contributed by atoms with van der Waals surface area (Å²) in [7, 11) is 1.63. The number of nitrogens with two attached hydrogens (primary N) is 1. The number of hydrogen-bond donors (Lipinski definition) is 2. The standard InChI is InChI=1S/C16H24F3N3O3.HI/c1-23-10-11-24-9-3-2-8-21-15(20)22-12-13-4-6-14(7-5-13)25-16(17,18)19;/h4-7H,2-3,8-12H2,1H3,(H3,20,21,22);1H. The topological polar surface area (TPSA) is 78.1 Å². The second-order valence-electron chi connectivity index (χ2n) is 5.13. The highest BCUT2D eigenvalue weighted by Gasteiger charge is 2.30. The fourth-order valence-electron chi connectivity index (χ4n) is 1.82. The molecule has 0 radical (unpaired) electrons. The van der Waals surface area contributed by atoms with Crippen LogP contribution in [0.15, 0.2) is 29.3 Å². The van der Waals surface area contributed by atoms with Crippen LogP contribution in [-0.2, 0) is 16.0 Å². The van der Waals surface area contributed by atoms with Crippen LogP contribution in [0.5, 0.6) is 5.75 Å². The van der Waals surface area contributed by atoms with Gasteiger partial charge in [-0.1, -0.05) is 12.1 Å². The van der Waals surface area contributed by atoms with Gasteiger partial charge in [0.1, 0.15) is 5.75 Å². The Morgan fingerprint density at radius 1 is 1.12 bits per heavy atom. The van der Waals surface area contributed by atoms with Crippen LogP contribution in [0.2, 0.25) is 0 Å². The highest BCUT2D eigenvalue weighted by Crippen LogP contribution is 2.22. The van der Waals surface area contributed by atoms with Crippen molar-refractivity contribution in [2.45, 2.75) is 25.7 Å². The zero-order valence-electron chi connectivity index (χ0n) is 14.6. The minimum Gasteiger partial charge on any atom is -0.406 e. The Morgan fingerprint density at radius 2 is 1.81 bits per heavy atom. The number of benzene rings is 1. The first-order chi connectivity index (χ1) is 11.9. The smallest absolute Gasteiger partial charge is 0.406 e. The van der Waals surface area contributed by atoms with E-state index in [0.717, 1.165) is 18.4 Å². The molecule has 150 valence electrons. The second kappa shape index (κ2) is 13.9. The summed E-state index contributed by atoms with van der Waals surface area (Å²) in [6.45, 7) is 2.77. The maximum atomic E-state index is 12.1. The number of nitrogens with zero attached hydrogens (tertiary/aromatic N) is 1. The molecule has 3 N–H and O–H groups in total. The number of nitrogens with one attached hydrogen (secondary N) is 1. The lowest BCUT2D eigenvalue weighted by Crippen LogP contribution is -2.32. The van der Waals surface area contributed by atoms with Crippen LogP contribution in [0.3, 0.4) is 0 Å². The summed E-state index contributed by atoms with van der Waals surface area (Å²) < 4.78 is 50.2. The molecule has 0 aliphatic carbocycles. The van der Waals surface area contributed by atoms with Gasteiger partial charge in [-0.3, -0.25) is 0 Å². The van der Waals surface area contributed by atoms with Gasteiger partial charge < -0.3 is 25.3 Å². The molecule has 0 atom stereocenters. The van der Waals surface area contributed by atoms with Crippen molar-refractivity contribution in [2.75, 3.05) is 33.5 Å². The lowest BCUT2D eigenvalue weighted by molar-refractivity contribution is -0.274. The van der Waals surface area contributed by atoms with E-state index in [1.54, 1.807) is 7.11 Å². The summed E-state index contributed by atoms with van der Waals surface area (Å²) in [6.07, 6.45) is -2.92. The largest absolute Gasteiger partial charge is 0.573 e. The summed E-state index contributed by atoms with van der Waals surface area (Å²) in [4.78, 5) is 4.13.